The van der Waals surface area contributed by atoms with E-state index < -0.39 is 0 Å². The molecular formula is C14H26S2. The van der Waals surface area contributed by atoms with Gasteiger partial charge in [-0.1, -0.05) is 32.1 Å². The molecule has 0 N–H and O–H groups in total. The predicted octanol–water partition coefficient (Wildman–Crippen LogP) is 4.98. The van der Waals surface area contributed by atoms with Gasteiger partial charge in [0.25, 0.3) is 0 Å². The number of hydrogen-bond acceptors (Lipinski definition) is 2. The van der Waals surface area contributed by atoms with Gasteiger partial charge in [0.15, 0.2) is 0 Å². The van der Waals surface area contributed by atoms with Crippen LogP contribution in [0.1, 0.15) is 57.8 Å². The normalized spacial score (nSPS) is 31.1. The van der Waals surface area contributed by atoms with Gasteiger partial charge in [-0.2, -0.15) is 23.5 Å². The van der Waals surface area contributed by atoms with Gasteiger partial charge < -0.3 is 0 Å². The second-order valence-electron chi connectivity index (χ2n) is 5.27. The largest absolute Gasteiger partial charge is 0.162 e. The quantitative estimate of drug-likeness (QED) is 0.651. The van der Waals surface area contributed by atoms with Crippen LogP contribution in [0.2, 0.25) is 0 Å². The lowest BCUT2D eigenvalue weighted by atomic mass is 9.88. The Labute approximate surface area is 110 Å². The van der Waals surface area contributed by atoms with Crippen LogP contribution >= 0.6 is 23.5 Å². The van der Waals surface area contributed by atoms with Gasteiger partial charge in [0, 0.05) is 5.25 Å². The van der Waals surface area contributed by atoms with Gasteiger partial charge in [-0.25, -0.2) is 0 Å². The summed E-state index contributed by atoms with van der Waals surface area (Å²) in [4.78, 5) is 0. The van der Waals surface area contributed by atoms with Crippen LogP contribution in [0.3, 0.4) is 0 Å². The van der Waals surface area contributed by atoms with Crippen LogP contribution in [-0.2, 0) is 0 Å². The summed E-state index contributed by atoms with van der Waals surface area (Å²) >= 11 is 4.50. The Morgan fingerprint density at radius 3 is 2.19 bits per heavy atom. The highest BCUT2D eigenvalue weighted by Crippen LogP contribution is 2.35. The second kappa shape index (κ2) is 7.92. The molecule has 0 aromatic carbocycles. The van der Waals surface area contributed by atoms with Crippen molar-refractivity contribution >= 4 is 23.5 Å². The summed E-state index contributed by atoms with van der Waals surface area (Å²) in [6.07, 6.45) is 13.5. The summed E-state index contributed by atoms with van der Waals surface area (Å²) in [7, 11) is 0. The van der Waals surface area contributed by atoms with Gasteiger partial charge >= 0.3 is 0 Å². The lowest BCUT2D eigenvalue weighted by Crippen LogP contribution is -2.21. The Bertz CT molecular complexity index is 146. The number of hydrogen-bond donors (Lipinski definition) is 0. The first kappa shape index (κ1) is 13.1. The third kappa shape index (κ3) is 4.52. The molecule has 2 aliphatic rings. The summed E-state index contributed by atoms with van der Waals surface area (Å²) in [5.41, 5.74) is 0. The van der Waals surface area contributed by atoms with Crippen LogP contribution < -0.4 is 0 Å². The van der Waals surface area contributed by atoms with Crippen LogP contribution in [0, 0.1) is 5.92 Å². The zero-order chi connectivity index (χ0) is 11.1. The van der Waals surface area contributed by atoms with E-state index in [1.165, 1.54) is 75.0 Å². The van der Waals surface area contributed by atoms with Crippen molar-refractivity contribution in [1.29, 1.82) is 0 Å². The average Bonchev–Trinajstić information content (AvgIpc) is 2.18. The highest BCUT2D eigenvalue weighted by Gasteiger charge is 2.22. The molecular weight excluding hydrogens is 232 g/mol. The fourth-order valence-electron chi connectivity index (χ4n) is 3.01. The van der Waals surface area contributed by atoms with Crippen LogP contribution in [0.5, 0.6) is 0 Å². The van der Waals surface area contributed by atoms with Crippen molar-refractivity contribution in [1.82, 2.24) is 0 Å². The molecule has 0 amide bonds. The fraction of sp³-hybridized carbons (Fsp3) is 1.00. The van der Waals surface area contributed by atoms with Crippen molar-refractivity contribution in [3.63, 3.8) is 0 Å². The predicted molar refractivity (Wildman–Crippen MR) is 78.6 cm³/mol. The van der Waals surface area contributed by atoms with E-state index in [2.05, 4.69) is 23.5 Å². The Kier molecular flexibility index (Phi) is 6.50. The highest BCUT2D eigenvalue weighted by molar-refractivity contribution is 8.01. The van der Waals surface area contributed by atoms with Gasteiger partial charge in [0.05, 0.1) is 0 Å². The van der Waals surface area contributed by atoms with E-state index in [9.17, 15) is 0 Å². The average molecular weight is 258 g/mol. The lowest BCUT2D eigenvalue weighted by Gasteiger charge is -2.29. The molecule has 1 unspecified atom stereocenters. The van der Waals surface area contributed by atoms with Gasteiger partial charge in [-0.3, -0.25) is 0 Å². The third-order valence-corrected chi connectivity index (χ3v) is 6.66. The molecule has 94 valence electrons. The molecule has 0 radical (unpaired) electrons. The van der Waals surface area contributed by atoms with Crippen molar-refractivity contribution in [2.45, 2.75) is 63.0 Å². The smallest absolute Gasteiger partial charge is 0.00831 e. The van der Waals surface area contributed by atoms with Crippen molar-refractivity contribution in [3.8, 4) is 0 Å². The van der Waals surface area contributed by atoms with Crippen molar-refractivity contribution < 1.29 is 0 Å². The summed E-state index contributed by atoms with van der Waals surface area (Å²) in [5, 5.41) is 1.01. The highest BCUT2D eigenvalue weighted by atomic mass is 32.2. The summed E-state index contributed by atoms with van der Waals surface area (Å²) < 4.78 is 0. The Hall–Kier alpha value is 0.700. The molecule has 1 saturated carbocycles. The molecule has 1 heterocycles. The van der Waals surface area contributed by atoms with Crippen LogP contribution in [0.4, 0.5) is 0 Å². The van der Waals surface area contributed by atoms with Gasteiger partial charge in [-0.05, 0) is 48.9 Å². The van der Waals surface area contributed by atoms with E-state index >= 15 is 0 Å². The molecule has 0 nitrogen and oxygen atoms in total. The van der Waals surface area contributed by atoms with Crippen LogP contribution in [0.25, 0.3) is 0 Å². The molecule has 1 saturated heterocycles. The van der Waals surface area contributed by atoms with Gasteiger partial charge in [0.1, 0.15) is 0 Å². The molecule has 1 aliphatic heterocycles. The number of thioether (sulfide) groups is 2. The van der Waals surface area contributed by atoms with Gasteiger partial charge in [0.2, 0.25) is 0 Å². The van der Waals surface area contributed by atoms with E-state index in [0.717, 1.165) is 11.2 Å². The Balaban J connectivity index is 1.81. The maximum Gasteiger partial charge on any atom is 0.00831 e. The van der Waals surface area contributed by atoms with E-state index in [0.29, 0.717) is 0 Å². The molecule has 0 spiro atoms. The molecule has 2 heteroatoms. The van der Waals surface area contributed by atoms with E-state index in [4.69, 9.17) is 0 Å². The minimum Gasteiger partial charge on any atom is -0.162 e. The van der Waals surface area contributed by atoms with Crippen molar-refractivity contribution in [3.05, 3.63) is 0 Å². The minimum absolute atomic E-state index is 1.01. The molecule has 16 heavy (non-hydrogen) atoms. The monoisotopic (exact) mass is 258 g/mol. The molecule has 0 aromatic rings. The fourth-order valence-corrected chi connectivity index (χ4v) is 5.76. The topological polar surface area (TPSA) is 0 Å². The third-order valence-electron chi connectivity index (χ3n) is 3.99. The molecule has 1 aliphatic carbocycles. The van der Waals surface area contributed by atoms with E-state index in [1.54, 1.807) is 0 Å². The first-order valence-corrected chi connectivity index (χ1v) is 9.36. The Morgan fingerprint density at radius 1 is 0.625 bits per heavy atom. The maximum atomic E-state index is 2.31. The van der Waals surface area contributed by atoms with Crippen molar-refractivity contribution in [2.75, 3.05) is 17.3 Å². The maximum absolute atomic E-state index is 2.31. The molecule has 0 bridgehead atoms. The Morgan fingerprint density at radius 2 is 1.38 bits per heavy atom. The van der Waals surface area contributed by atoms with Crippen LogP contribution in [-0.4, -0.2) is 22.5 Å². The molecule has 2 rings (SSSR count). The van der Waals surface area contributed by atoms with Crippen molar-refractivity contribution in [2.24, 2.45) is 5.92 Å². The molecule has 0 aromatic heterocycles. The first-order valence-electron chi connectivity index (χ1n) is 7.16. The van der Waals surface area contributed by atoms with Crippen LogP contribution in [0.15, 0.2) is 0 Å². The zero-order valence-electron chi connectivity index (χ0n) is 10.5. The summed E-state index contributed by atoms with van der Waals surface area (Å²) in [6, 6.07) is 0. The van der Waals surface area contributed by atoms with E-state index in [1.807, 2.05) is 0 Å². The summed E-state index contributed by atoms with van der Waals surface area (Å²) in [5.74, 6) is 5.32. The molecule has 2 fully saturated rings. The zero-order valence-corrected chi connectivity index (χ0v) is 12.1. The van der Waals surface area contributed by atoms with Gasteiger partial charge in [-0.15, -0.1) is 0 Å². The first-order chi connectivity index (χ1) is 7.97. The lowest BCUT2D eigenvalue weighted by molar-refractivity contribution is 0.365. The standard InChI is InChI=1S/C14H26S2/c1-2-4-7-13(8-5-3-1)14-9-12-15-10-6-11-16-14/h13-14H,1-12H2. The number of rotatable bonds is 1. The SMILES string of the molecule is C1CCCC(C2CCSCCCS2)CCC1. The molecule has 1 atom stereocenters. The second-order valence-corrected chi connectivity index (χ2v) is 7.84. The summed E-state index contributed by atoms with van der Waals surface area (Å²) in [6.45, 7) is 0. The van der Waals surface area contributed by atoms with E-state index in [-0.39, 0.29) is 0 Å². The minimum atomic E-state index is 1.01.